The van der Waals surface area contributed by atoms with E-state index in [0.717, 1.165) is 15.4 Å². The SMILES string of the molecule is Cc1ccc(N(CC(=O)NCc2ccc(F)cc2)S(=O)(=O)c2ccc(C)cc2)cc1. The van der Waals surface area contributed by atoms with Crippen LogP contribution in [0, 0.1) is 19.7 Å². The van der Waals surface area contributed by atoms with Crippen molar-refractivity contribution in [3.8, 4) is 0 Å². The molecule has 3 aromatic rings. The quantitative estimate of drug-likeness (QED) is 0.622. The van der Waals surface area contributed by atoms with Gasteiger partial charge in [-0.3, -0.25) is 9.10 Å². The van der Waals surface area contributed by atoms with Crippen LogP contribution in [0.4, 0.5) is 10.1 Å². The number of carbonyl (C=O) groups is 1. The van der Waals surface area contributed by atoms with E-state index in [0.29, 0.717) is 11.3 Å². The Bertz CT molecular complexity index is 1110. The van der Waals surface area contributed by atoms with Crippen LogP contribution < -0.4 is 9.62 Å². The summed E-state index contributed by atoms with van der Waals surface area (Å²) in [5, 5.41) is 2.70. The molecule has 1 N–H and O–H groups in total. The molecule has 0 spiro atoms. The number of amides is 1. The lowest BCUT2D eigenvalue weighted by Crippen LogP contribution is -2.40. The van der Waals surface area contributed by atoms with Crippen LogP contribution in [0.15, 0.2) is 77.7 Å². The Morgan fingerprint density at radius 3 is 1.97 bits per heavy atom. The fraction of sp³-hybridized carbons (Fsp3) is 0.174. The van der Waals surface area contributed by atoms with Gasteiger partial charge in [0.1, 0.15) is 12.4 Å². The number of sulfonamides is 1. The molecule has 0 aromatic heterocycles. The summed E-state index contributed by atoms with van der Waals surface area (Å²) in [4.78, 5) is 12.7. The zero-order valence-corrected chi connectivity index (χ0v) is 17.6. The van der Waals surface area contributed by atoms with E-state index in [4.69, 9.17) is 0 Å². The monoisotopic (exact) mass is 426 g/mol. The second kappa shape index (κ2) is 9.09. The second-order valence-corrected chi connectivity index (χ2v) is 8.93. The van der Waals surface area contributed by atoms with E-state index in [-0.39, 0.29) is 23.8 Å². The highest BCUT2D eigenvalue weighted by atomic mass is 32.2. The van der Waals surface area contributed by atoms with Crippen LogP contribution in [-0.2, 0) is 21.4 Å². The highest BCUT2D eigenvalue weighted by Gasteiger charge is 2.27. The lowest BCUT2D eigenvalue weighted by atomic mass is 10.2. The number of nitrogens with one attached hydrogen (secondary N) is 1. The first-order valence-corrected chi connectivity index (χ1v) is 10.9. The summed E-state index contributed by atoms with van der Waals surface area (Å²) in [6.07, 6.45) is 0. The van der Waals surface area contributed by atoms with Crippen LogP contribution in [0.2, 0.25) is 0 Å². The third kappa shape index (κ3) is 5.24. The molecule has 5 nitrogen and oxygen atoms in total. The molecule has 3 rings (SSSR count). The maximum absolute atomic E-state index is 13.3. The zero-order valence-electron chi connectivity index (χ0n) is 16.8. The summed E-state index contributed by atoms with van der Waals surface area (Å²) >= 11 is 0. The van der Waals surface area contributed by atoms with Gasteiger partial charge in [0.15, 0.2) is 0 Å². The summed E-state index contributed by atoms with van der Waals surface area (Å²) in [5.74, 6) is -0.824. The van der Waals surface area contributed by atoms with Gasteiger partial charge in [-0.15, -0.1) is 0 Å². The normalized spacial score (nSPS) is 11.2. The molecule has 30 heavy (non-hydrogen) atoms. The molecule has 0 aliphatic rings. The summed E-state index contributed by atoms with van der Waals surface area (Å²) in [7, 11) is -3.94. The van der Waals surface area contributed by atoms with Gasteiger partial charge in [-0.1, -0.05) is 47.5 Å². The summed E-state index contributed by atoms with van der Waals surface area (Å²) in [6, 6.07) is 19.2. The van der Waals surface area contributed by atoms with E-state index in [1.54, 1.807) is 48.5 Å². The molecule has 0 saturated carbocycles. The molecule has 0 saturated heterocycles. The lowest BCUT2D eigenvalue weighted by molar-refractivity contribution is -0.119. The minimum Gasteiger partial charge on any atom is -0.350 e. The topological polar surface area (TPSA) is 66.5 Å². The molecule has 0 aliphatic carbocycles. The maximum atomic E-state index is 13.3. The van der Waals surface area contributed by atoms with Crippen molar-refractivity contribution in [3.63, 3.8) is 0 Å². The van der Waals surface area contributed by atoms with Gasteiger partial charge in [0.05, 0.1) is 10.6 Å². The fourth-order valence-corrected chi connectivity index (χ4v) is 4.27. The first-order valence-electron chi connectivity index (χ1n) is 9.43. The van der Waals surface area contributed by atoms with E-state index in [9.17, 15) is 17.6 Å². The highest BCUT2D eigenvalue weighted by molar-refractivity contribution is 7.92. The van der Waals surface area contributed by atoms with E-state index < -0.39 is 15.9 Å². The van der Waals surface area contributed by atoms with Crippen LogP contribution in [0.5, 0.6) is 0 Å². The molecule has 3 aromatic carbocycles. The van der Waals surface area contributed by atoms with E-state index in [1.165, 1.54) is 24.3 Å². The third-order valence-electron chi connectivity index (χ3n) is 4.62. The smallest absolute Gasteiger partial charge is 0.264 e. The highest BCUT2D eigenvalue weighted by Crippen LogP contribution is 2.24. The van der Waals surface area contributed by atoms with Crippen molar-refractivity contribution in [3.05, 3.63) is 95.3 Å². The van der Waals surface area contributed by atoms with E-state index in [2.05, 4.69) is 5.32 Å². The predicted octanol–water partition coefficient (Wildman–Crippen LogP) is 3.95. The number of aryl methyl sites for hydroxylation is 2. The molecule has 0 atom stereocenters. The van der Waals surface area contributed by atoms with Gasteiger partial charge < -0.3 is 5.32 Å². The van der Waals surface area contributed by atoms with Crippen molar-refractivity contribution in [1.82, 2.24) is 5.32 Å². The average molecular weight is 427 g/mol. The second-order valence-electron chi connectivity index (χ2n) is 7.06. The summed E-state index contributed by atoms with van der Waals surface area (Å²) in [6.45, 7) is 3.57. The van der Waals surface area contributed by atoms with E-state index >= 15 is 0 Å². The Balaban J connectivity index is 1.84. The van der Waals surface area contributed by atoms with Gasteiger partial charge in [0.2, 0.25) is 5.91 Å². The van der Waals surface area contributed by atoms with Gasteiger partial charge >= 0.3 is 0 Å². The van der Waals surface area contributed by atoms with Crippen molar-refractivity contribution < 1.29 is 17.6 Å². The van der Waals surface area contributed by atoms with Crippen LogP contribution in [0.25, 0.3) is 0 Å². The number of rotatable bonds is 7. The first-order chi connectivity index (χ1) is 14.3. The first kappa shape index (κ1) is 21.5. The Kier molecular flexibility index (Phi) is 6.52. The molecule has 156 valence electrons. The maximum Gasteiger partial charge on any atom is 0.264 e. The van der Waals surface area contributed by atoms with Crippen LogP contribution in [-0.4, -0.2) is 20.9 Å². The summed E-state index contributed by atoms with van der Waals surface area (Å²) in [5.41, 5.74) is 3.03. The molecule has 7 heteroatoms. The van der Waals surface area contributed by atoms with Crippen LogP contribution in [0.3, 0.4) is 0 Å². The lowest BCUT2D eigenvalue weighted by Gasteiger charge is -2.24. The number of anilines is 1. The van der Waals surface area contributed by atoms with Gasteiger partial charge in [-0.05, 0) is 55.8 Å². The number of carbonyl (C=O) groups excluding carboxylic acids is 1. The van der Waals surface area contributed by atoms with Crippen LogP contribution in [0.1, 0.15) is 16.7 Å². The molecule has 0 fully saturated rings. The Morgan fingerprint density at radius 1 is 0.867 bits per heavy atom. The standard InChI is InChI=1S/C23H23FN2O3S/c1-17-3-11-21(12-4-17)26(30(28,29)22-13-5-18(2)6-14-22)16-23(27)25-15-19-7-9-20(24)10-8-19/h3-14H,15-16H2,1-2H3,(H,25,27). The molecule has 1 amide bonds. The van der Waals surface area contributed by atoms with E-state index in [1.807, 2.05) is 13.8 Å². The number of nitrogens with zero attached hydrogens (tertiary/aromatic N) is 1. The van der Waals surface area contributed by atoms with Crippen molar-refractivity contribution in [2.45, 2.75) is 25.3 Å². The Morgan fingerprint density at radius 2 is 1.40 bits per heavy atom. The minimum atomic E-state index is -3.94. The van der Waals surface area contributed by atoms with Crippen molar-refractivity contribution in [1.29, 1.82) is 0 Å². The predicted molar refractivity (Wildman–Crippen MR) is 115 cm³/mol. The molecular formula is C23H23FN2O3S. The van der Waals surface area contributed by atoms with Gasteiger partial charge in [-0.2, -0.15) is 0 Å². The van der Waals surface area contributed by atoms with Gasteiger partial charge in [0, 0.05) is 6.54 Å². The molecule has 0 unspecified atom stereocenters. The van der Waals surface area contributed by atoms with Crippen molar-refractivity contribution in [2.75, 3.05) is 10.8 Å². The average Bonchev–Trinajstić information content (AvgIpc) is 2.72. The zero-order chi connectivity index (χ0) is 21.7. The minimum absolute atomic E-state index is 0.111. The van der Waals surface area contributed by atoms with Crippen molar-refractivity contribution >= 4 is 21.6 Å². The molecule has 0 heterocycles. The largest absolute Gasteiger partial charge is 0.350 e. The number of benzene rings is 3. The van der Waals surface area contributed by atoms with Crippen LogP contribution >= 0.6 is 0 Å². The Labute approximate surface area is 176 Å². The number of hydrogen-bond donors (Lipinski definition) is 1. The molecule has 0 aliphatic heterocycles. The van der Waals surface area contributed by atoms with Crippen molar-refractivity contribution in [2.24, 2.45) is 0 Å². The Hall–Kier alpha value is -3.19. The summed E-state index contributed by atoms with van der Waals surface area (Å²) < 4.78 is 40.7. The fourth-order valence-electron chi connectivity index (χ4n) is 2.85. The molecule has 0 radical (unpaired) electrons. The van der Waals surface area contributed by atoms with Gasteiger partial charge in [0.25, 0.3) is 10.0 Å². The third-order valence-corrected chi connectivity index (χ3v) is 6.41. The molecule has 0 bridgehead atoms. The van der Waals surface area contributed by atoms with Gasteiger partial charge in [-0.25, -0.2) is 12.8 Å². The number of hydrogen-bond acceptors (Lipinski definition) is 3. The number of halogens is 1. The molecular weight excluding hydrogens is 403 g/mol.